The summed E-state index contributed by atoms with van der Waals surface area (Å²) in [5.41, 5.74) is 27.1. The van der Waals surface area contributed by atoms with Crippen molar-refractivity contribution in [1.82, 2.24) is 85.6 Å². The van der Waals surface area contributed by atoms with E-state index in [0.717, 1.165) is 199 Å². The topological polar surface area (TPSA) is 272 Å². The lowest BCUT2D eigenvalue weighted by molar-refractivity contribution is 0.0735. The molecular formula is C111H105Cl8N17O7S. The van der Waals surface area contributed by atoms with Crippen LogP contribution in [-0.4, -0.2) is 145 Å². The number of aliphatic hydroxyl groups is 1. The number of nitrogens with zero attached hydrogens (tertiary/aromatic N) is 13. The molecule has 4 fully saturated rings. The molecule has 2 saturated heterocycles. The molecule has 144 heavy (non-hydrogen) atoms. The summed E-state index contributed by atoms with van der Waals surface area (Å²) in [5.74, 6) is -0.968. The minimum atomic E-state index is -0.367. The van der Waals surface area contributed by atoms with Gasteiger partial charge in [0.05, 0.1) is 85.4 Å². The van der Waals surface area contributed by atoms with Crippen LogP contribution in [0.15, 0.2) is 260 Å². The van der Waals surface area contributed by atoms with Crippen LogP contribution < -0.4 is 21.5 Å². The average molecular weight is 2100 g/mol. The molecule has 24 nitrogen and oxygen atoms in total. The van der Waals surface area contributed by atoms with Crippen LogP contribution in [0.3, 0.4) is 0 Å². The quantitative estimate of drug-likeness (QED) is 0.0356. The summed E-state index contributed by atoms with van der Waals surface area (Å²) in [4.78, 5) is 66.2. The van der Waals surface area contributed by atoms with Crippen LogP contribution in [-0.2, 0) is 29.3 Å². The Bertz CT molecular complexity index is 7140. The van der Waals surface area contributed by atoms with E-state index in [1.165, 1.54) is 24.8 Å². The van der Waals surface area contributed by atoms with E-state index < -0.39 is 0 Å². The van der Waals surface area contributed by atoms with Crippen molar-refractivity contribution < 1.29 is 33.8 Å². The standard InChI is InChI=1S/C29H28Cl2N4O2.C28H27Cl2N3O2S.C27H25Cl2N5O2.C27H25Cl2N5O/c1-37-18-24-27(29(36)33-23-7-3-2-4-8-23)34-35(26-14-13-22(30)16-25(26)31)28(24)20-11-9-19(10-12-20)21-6-5-15-32-17-21;1-35-16-23-26(28(34)31-22-5-3-2-4-6-22)32-33(25-12-11-21(29)15-24(25)30)27(23)19-9-7-18(8-10-19)20-13-14-36-17-20;28-21-10-11-24(23(29)15-21)34-26(19-8-6-18(7-9-19)20-5-4-12-30-16-20)22(17-35)25(31-34)27(36)32-33-13-2-1-3-14-33;1-18-25(27(35)32-33-14-3-2-4-15-33)31-34(24-12-11-22(28)16-23(24)29)26(18)20-9-7-19(8-10-20)21-6-5-13-30-17-21/h5-6,9-17,23H,2-4,7-8,18H2,1H3,(H,33,36);7-15,17,22H,2-6,16H2,1H3,(H,31,34);4-12,15-16,35H,1-3,13-14,17H2,(H,32,36);5-13,16-17H,2-4,14-15H2,1H3,(H,32,35). The van der Waals surface area contributed by atoms with Crippen LogP contribution >= 0.6 is 104 Å². The predicted molar refractivity (Wildman–Crippen MR) is 576 cm³/mol. The van der Waals surface area contributed by atoms with Gasteiger partial charge in [0.25, 0.3) is 23.6 Å². The molecule has 0 atom stereocenters. The first-order chi connectivity index (χ1) is 70.1. The number of nitrogens with one attached hydrogen (secondary N) is 4. The number of piperidine rings is 2. The SMILES string of the molecule is COCc1c(C(=O)NC2CCCCC2)nn(-c2ccc(Cl)cc2Cl)c1-c1ccc(-c2cccnc2)cc1.COCc1c(C(=O)NC2CCCCC2)nn(-c2ccc(Cl)cc2Cl)c1-c1ccc(-c2ccsc2)cc1.Cc1c(C(=O)NN2CCCCC2)nn(-c2ccc(Cl)cc2Cl)c1-c1ccc(-c2cccnc2)cc1.O=C(NN1CCCCC1)c1nn(-c2ccc(Cl)cc2Cl)c(-c2ccc(-c3cccnc3)cc2)c1CO. The zero-order chi connectivity index (χ0) is 100. The van der Waals surface area contributed by atoms with E-state index in [4.69, 9.17) is 118 Å². The number of amides is 4. The molecule has 20 rings (SSSR count). The van der Waals surface area contributed by atoms with Crippen molar-refractivity contribution in [3.63, 3.8) is 0 Å². The highest BCUT2D eigenvalue weighted by Crippen LogP contribution is 2.42. The molecule has 10 heterocycles. The van der Waals surface area contributed by atoms with E-state index in [9.17, 15) is 24.3 Å². The second-order valence-corrected chi connectivity index (χ2v) is 39.7. The molecule has 0 bridgehead atoms. The van der Waals surface area contributed by atoms with Crippen LogP contribution in [0.25, 0.3) is 112 Å². The number of hydrogen-bond donors (Lipinski definition) is 5. The summed E-state index contributed by atoms with van der Waals surface area (Å²) in [7, 11) is 3.24. The Morgan fingerprint density at radius 3 is 0.958 bits per heavy atom. The number of rotatable bonds is 25. The lowest BCUT2D eigenvalue weighted by Gasteiger charge is -2.26. The molecule has 0 unspecified atom stereocenters. The minimum absolute atomic E-state index is 0.153. The molecule has 33 heteroatoms. The first kappa shape index (κ1) is 103. The Morgan fingerprint density at radius 1 is 0.347 bits per heavy atom. The van der Waals surface area contributed by atoms with Gasteiger partial charge in [-0.25, -0.2) is 28.7 Å². The van der Waals surface area contributed by atoms with Crippen LogP contribution in [0.4, 0.5) is 0 Å². The summed E-state index contributed by atoms with van der Waals surface area (Å²) in [6.07, 6.45) is 28.1. The van der Waals surface area contributed by atoms with Crippen LogP contribution in [0.5, 0.6) is 0 Å². The third-order valence-electron chi connectivity index (χ3n) is 25.8. The summed E-state index contributed by atoms with van der Waals surface area (Å²) in [5, 5.41) is 47.7. The highest BCUT2D eigenvalue weighted by Gasteiger charge is 2.34. The second-order valence-electron chi connectivity index (χ2n) is 35.5. The monoisotopic (exact) mass is 2100 g/mol. The van der Waals surface area contributed by atoms with E-state index in [1.54, 1.807) is 124 Å². The zero-order valence-corrected chi connectivity index (χ0v) is 86.3. The third kappa shape index (κ3) is 24.8. The van der Waals surface area contributed by atoms with Crippen LogP contribution in [0, 0.1) is 6.92 Å². The van der Waals surface area contributed by atoms with Crippen LogP contribution in [0.2, 0.25) is 40.2 Å². The first-order valence-electron chi connectivity index (χ1n) is 47.9. The normalized spacial score (nSPS) is 14.1. The Kier molecular flexibility index (Phi) is 35.2. The number of carbonyl (C=O) groups is 4. The van der Waals surface area contributed by atoms with Gasteiger partial charge in [0.15, 0.2) is 22.8 Å². The van der Waals surface area contributed by atoms with Gasteiger partial charge >= 0.3 is 0 Å². The number of methoxy groups -OCH3 is 2. The van der Waals surface area contributed by atoms with Crippen molar-refractivity contribution in [3.05, 3.63) is 345 Å². The number of carbonyl (C=O) groups excluding carboxylic acids is 4. The van der Waals surface area contributed by atoms with E-state index in [1.807, 2.05) is 169 Å². The zero-order valence-electron chi connectivity index (χ0n) is 79.4. The van der Waals surface area contributed by atoms with E-state index >= 15 is 0 Å². The Balaban J connectivity index is 0.000000132. The number of aliphatic hydroxyl groups excluding tert-OH is 1. The third-order valence-corrected chi connectivity index (χ3v) is 28.6. The summed E-state index contributed by atoms with van der Waals surface area (Å²) >= 11 is 52.6. The maximum absolute atomic E-state index is 13.5. The minimum Gasteiger partial charge on any atom is -0.392 e. The maximum atomic E-state index is 13.5. The lowest BCUT2D eigenvalue weighted by Crippen LogP contribution is -2.45. The van der Waals surface area contributed by atoms with Crippen molar-refractivity contribution in [2.75, 3.05) is 40.4 Å². The molecule has 4 aliphatic rings. The first-order valence-corrected chi connectivity index (χ1v) is 51.9. The summed E-state index contributed by atoms with van der Waals surface area (Å²) in [6, 6.07) is 67.3. The van der Waals surface area contributed by atoms with Gasteiger partial charge in [-0.05, 0) is 211 Å². The van der Waals surface area contributed by atoms with Gasteiger partial charge in [0.2, 0.25) is 0 Å². The summed E-state index contributed by atoms with van der Waals surface area (Å²) in [6.45, 7) is 5.27. The van der Waals surface area contributed by atoms with Crippen molar-refractivity contribution in [3.8, 4) is 112 Å². The predicted octanol–water partition coefficient (Wildman–Crippen LogP) is 26.8. The molecule has 0 radical (unpaired) electrons. The molecule has 0 spiro atoms. The molecule has 2 aliphatic carbocycles. The molecule has 2 aliphatic heterocycles. The number of hydrazine groups is 2. The lowest BCUT2D eigenvalue weighted by atomic mass is 9.95. The van der Waals surface area contributed by atoms with E-state index in [0.29, 0.717) is 96.8 Å². The number of aromatic nitrogens is 11. The molecule has 8 aromatic heterocycles. The number of halogens is 8. The van der Waals surface area contributed by atoms with Crippen molar-refractivity contribution in [1.29, 1.82) is 0 Å². The summed E-state index contributed by atoms with van der Waals surface area (Å²) < 4.78 is 17.9. The number of pyridine rings is 3. The highest BCUT2D eigenvalue weighted by atomic mass is 35.5. The van der Waals surface area contributed by atoms with E-state index in [-0.39, 0.29) is 61.2 Å². The number of benzene rings is 8. The smallest absolute Gasteiger partial charge is 0.286 e. The van der Waals surface area contributed by atoms with Crippen molar-refractivity contribution >= 4 is 128 Å². The van der Waals surface area contributed by atoms with Gasteiger partial charge in [-0.15, -0.1) is 0 Å². The molecule has 738 valence electrons. The largest absolute Gasteiger partial charge is 0.392 e. The van der Waals surface area contributed by atoms with Gasteiger partial charge in [-0.3, -0.25) is 45.0 Å². The Morgan fingerprint density at radius 2 is 0.646 bits per heavy atom. The maximum Gasteiger partial charge on any atom is 0.286 e. The van der Waals surface area contributed by atoms with Gasteiger partial charge < -0.3 is 25.2 Å². The number of hydrogen-bond acceptors (Lipinski definition) is 17. The van der Waals surface area contributed by atoms with E-state index in [2.05, 4.69) is 70.5 Å². The second kappa shape index (κ2) is 49.1. The Hall–Kier alpha value is -12.3. The number of thiophene rings is 1. The fourth-order valence-electron chi connectivity index (χ4n) is 18.6. The Labute approximate surface area is 879 Å². The van der Waals surface area contributed by atoms with Crippen molar-refractivity contribution in [2.24, 2.45) is 0 Å². The molecular weight excluding hydrogens is 2000 g/mol. The highest BCUT2D eigenvalue weighted by molar-refractivity contribution is 7.08. The molecule has 4 amide bonds. The van der Waals surface area contributed by atoms with Gasteiger partial charge in [0, 0.05) is 154 Å². The molecule has 5 N–H and O–H groups in total. The average Bonchev–Trinajstić information content (AvgIpc) is 1.62. The molecule has 2 saturated carbocycles. The fraction of sp³-hybridized carbons (Fsp3) is 0.252. The van der Waals surface area contributed by atoms with Crippen LogP contribution in [0.1, 0.15) is 167 Å². The van der Waals surface area contributed by atoms with Gasteiger partial charge in [-0.2, -0.15) is 31.7 Å². The fourth-order valence-corrected chi connectivity index (χ4v) is 21.2. The molecule has 8 aromatic carbocycles. The van der Waals surface area contributed by atoms with Gasteiger partial charge in [-0.1, -0.05) is 259 Å². The van der Waals surface area contributed by atoms with Crippen molar-refractivity contribution in [2.45, 2.75) is 142 Å². The van der Waals surface area contributed by atoms with Gasteiger partial charge in [0.1, 0.15) is 0 Å². The number of ether oxygens (including phenoxy) is 2. The molecule has 16 aromatic rings.